The van der Waals surface area contributed by atoms with Crippen molar-refractivity contribution in [3.63, 3.8) is 0 Å². The minimum Gasteiger partial charge on any atom is -0.292 e. The highest BCUT2D eigenvalue weighted by Gasteiger charge is 2.44. The van der Waals surface area contributed by atoms with E-state index in [1.54, 1.807) is 0 Å². The first-order chi connectivity index (χ1) is 9.57. The predicted molar refractivity (Wildman–Crippen MR) is 86.8 cm³/mol. The van der Waals surface area contributed by atoms with Crippen LogP contribution < -0.4 is 4.72 Å². The topological polar surface area (TPSA) is 61.8 Å². The molecule has 0 aromatic rings. The smallest absolute Gasteiger partial charge is 0.216 e. The van der Waals surface area contributed by atoms with Gasteiger partial charge in [-0.15, -0.1) is 0 Å². The molecule has 0 spiro atoms. The Bertz CT molecular complexity index is 629. The number of nitrogens with zero attached hydrogens (tertiary/aromatic N) is 2. The molecule has 0 saturated carbocycles. The first-order valence-corrected chi connectivity index (χ1v) is 8.89. The van der Waals surface area contributed by atoms with Crippen LogP contribution in [-0.4, -0.2) is 45.0 Å². The molecule has 118 valence electrons. The number of rotatable bonds is 3. The number of likely N-dealkylation sites (N-methyl/N-ethyl adjacent to an activating group) is 1. The van der Waals surface area contributed by atoms with Crippen molar-refractivity contribution in [2.45, 2.75) is 26.8 Å². The minimum atomic E-state index is -3.37. The molecule has 2 atom stereocenters. The van der Waals surface area contributed by atoms with Crippen LogP contribution in [0.3, 0.4) is 0 Å². The van der Waals surface area contributed by atoms with Gasteiger partial charge in [-0.3, -0.25) is 5.01 Å². The van der Waals surface area contributed by atoms with Crippen LogP contribution in [0.25, 0.3) is 0 Å². The lowest BCUT2D eigenvalue weighted by Crippen LogP contribution is -2.40. The number of fused-ring (bicyclic) bond motifs is 1. The van der Waals surface area contributed by atoms with Gasteiger partial charge in [0.1, 0.15) is 5.75 Å². The van der Waals surface area contributed by atoms with E-state index in [0.717, 1.165) is 0 Å². The molecule has 2 aliphatic rings. The number of hydrogen-bond acceptors (Lipinski definition) is 4. The highest BCUT2D eigenvalue weighted by atomic mass is 35.5. The summed E-state index contributed by atoms with van der Waals surface area (Å²) in [7, 11) is -0.0917. The number of allylic oxidation sites excluding steroid dienone is 2. The quantitative estimate of drug-likeness (QED) is 0.859. The fraction of sp³-hybridized carbons (Fsp3) is 0.643. The van der Waals surface area contributed by atoms with Gasteiger partial charge in [0, 0.05) is 12.1 Å². The van der Waals surface area contributed by atoms with Gasteiger partial charge in [0.2, 0.25) is 10.0 Å². The SMILES string of the molecule is CNS(=O)(=O)CC1=NN(C)C2C(C(C)(C)C)=CC=C(Cl)C12. The van der Waals surface area contributed by atoms with E-state index in [9.17, 15) is 8.42 Å². The monoisotopic (exact) mass is 331 g/mol. The van der Waals surface area contributed by atoms with Crippen LogP contribution in [0, 0.1) is 11.3 Å². The first kappa shape index (κ1) is 16.5. The van der Waals surface area contributed by atoms with Gasteiger partial charge in [-0.1, -0.05) is 38.4 Å². The summed E-state index contributed by atoms with van der Waals surface area (Å²) in [6, 6.07) is -0.00967. The Labute approximate surface area is 131 Å². The second-order valence-corrected chi connectivity index (χ2v) is 8.84. The maximum absolute atomic E-state index is 11.8. The number of sulfonamides is 1. The van der Waals surface area contributed by atoms with Crippen LogP contribution >= 0.6 is 11.6 Å². The van der Waals surface area contributed by atoms with Crippen LogP contribution in [0.4, 0.5) is 0 Å². The molecule has 21 heavy (non-hydrogen) atoms. The van der Waals surface area contributed by atoms with Gasteiger partial charge in [0.25, 0.3) is 0 Å². The van der Waals surface area contributed by atoms with Gasteiger partial charge < -0.3 is 0 Å². The Morgan fingerprint density at radius 3 is 2.52 bits per heavy atom. The fourth-order valence-corrected chi connectivity index (χ4v) is 3.95. The Hall–Kier alpha value is -0.850. The van der Waals surface area contributed by atoms with Gasteiger partial charge in [0.15, 0.2) is 0 Å². The highest BCUT2D eigenvalue weighted by molar-refractivity contribution is 7.90. The van der Waals surface area contributed by atoms with Crippen molar-refractivity contribution in [3.05, 3.63) is 22.8 Å². The zero-order valence-electron chi connectivity index (χ0n) is 13.0. The Morgan fingerprint density at radius 1 is 1.38 bits per heavy atom. The lowest BCUT2D eigenvalue weighted by atomic mass is 9.74. The molecule has 5 nitrogen and oxygen atoms in total. The standard InChI is InChI=1S/C14H22ClN3O2S/c1-14(2,3)9-6-7-10(15)12-11(8-21(19,20)16-4)17-18(5)13(9)12/h6-7,12-13,16H,8H2,1-5H3. The van der Waals surface area contributed by atoms with Crippen molar-refractivity contribution >= 4 is 27.3 Å². The summed E-state index contributed by atoms with van der Waals surface area (Å²) in [6.07, 6.45) is 3.90. The van der Waals surface area contributed by atoms with Crippen molar-refractivity contribution in [2.75, 3.05) is 19.8 Å². The highest BCUT2D eigenvalue weighted by Crippen LogP contribution is 2.43. The van der Waals surface area contributed by atoms with Gasteiger partial charge in [-0.05, 0) is 24.1 Å². The second kappa shape index (κ2) is 5.41. The molecule has 0 aromatic carbocycles. The summed E-state index contributed by atoms with van der Waals surface area (Å²) in [6.45, 7) is 6.41. The molecule has 0 saturated heterocycles. The zero-order valence-corrected chi connectivity index (χ0v) is 14.6. The van der Waals surface area contributed by atoms with E-state index in [0.29, 0.717) is 10.7 Å². The molecule has 1 aliphatic heterocycles. The van der Waals surface area contributed by atoms with E-state index in [2.05, 4.69) is 30.6 Å². The third-order valence-electron chi connectivity index (χ3n) is 3.92. The summed E-state index contributed by atoms with van der Waals surface area (Å²) in [5.74, 6) is -0.310. The van der Waals surface area contributed by atoms with Crippen molar-refractivity contribution < 1.29 is 8.42 Å². The lowest BCUT2D eigenvalue weighted by molar-refractivity contribution is 0.258. The average Bonchev–Trinajstić information content (AvgIpc) is 2.66. The summed E-state index contributed by atoms with van der Waals surface area (Å²) in [4.78, 5) is 0. The summed E-state index contributed by atoms with van der Waals surface area (Å²) in [5.41, 5.74) is 1.77. The molecule has 7 heteroatoms. The molecule has 0 bridgehead atoms. The van der Waals surface area contributed by atoms with Crippen LogP contribution in [0.15, 0.2) is 27.9 Å². The van der Waals surface area contributed by atoms with Crippen LogP contribution in [-0.2, 0) is 10.0 Å². The van der Waals surface area contributed by atoms with Crippen molar-refractivity contribution in [2.24, 2.45) is 16.4 Å². The van der Waals surface area contributed by atoms with Crippen LogP contribution in [0.1, 0.15) is 20.8 Å². The molecule has 0 radical (unpaired) electrons. The van der Waals surface area contributed by atoms with Gasteiger partial charge in [0.05, 0.1) is 17.7 Å². The van der Waals surface area contributed by atoms with Crippen molar-refractivity contribution in [3.8, 4) is 0 Å². The molecule has 0 amide bonds. The molecule has 0 fully saturated rings. The van der Waals surface area contributed by atoms with Crippen LogP contribution in [0.2, 0.25) is 0 Å². The molecule has 1 aliphatic carbocycles. The molecule has 1 N–H and O–H groups in total. The number of hydrogen-bond donors (Lipinski definition) is 1. The van der Waals surface area contributed by atoms with E-state index in [4.69, 9.17) is 11.6 Å². The second-order valence-electron chi connectivity index (χ2n) is 6.47. The Balaban J connectivity index is 2.39. The largest absolute Gasteiger partial charge is 0.292 e. The Morgan fingerprint density at radius 2 is 2.00 bits per heavy atom. The van der Waals surface area contributed by atoms with Gasteiger partial charge >= 0.3 is 0 Å². The third-order valence-corrected chi connectivity index (χ3v) is 5.58. The van der Waals surface area contributed by atoms with E-state index in [-0.39, 0.29) is 23.1 Å². The predicted octanol–water partition coefficient (Wildman–Crippen LogP) is 1.93. The molecular formula is C14H22ClN3O2S. The summed E-state index contributed by atoms with van der Waals surface area (Å²) in [5, 5.41) is 6.92. The number of hydrazone groups is 1. The molecule has 1 heterocycles. The zero-order chi connectivity index (χ0) is 16.0. The van der Waals surface area contributed by atoms with E-state index in [1.165, 1.54) is 12.6 Å². The van der Waals surface area contributed by atoms with Crippen molar-refractivity contribution in [1.82, 2.24) is 9.73 Å². The maximum Gasteiger partial charge on any atom is 0.216 e. The van der Waals surface area contributed by atoms with Crippen molar-refractivity contribution in [1.29, 1.82) is 0 Å². The molecular weight excluding hydrogens is 310 g/mol. The van der Waals surface area contributed by atoms with E-state index in [1.807, 2.05) is 24.2 Å². The van der Waals surface area contributed by atoms with E-state index < -0.39 is 10.0 Å². The third kappa shape index (κ3) is 3.17. The van der Waals surface area contributed by atoms with Gasteiger partial charge in [-0.2, -0.15) is 5.10 Å². The summed E-state index contributed by atoms with van der Waals surface area (Å²) < 4.78 is 26.0. The molecule has 2 rings (SSSR count). The lowest BCUT2D eigenvalue weighted by Gasteiger charge is -2.37. The molecule has 2 unspecified atom stereocenters. The number of nitrogens with one attached hydrogen (secondary N) is 1. The first-order valence-electron chi connectivity index (χ1n) is 6.86. The molecule has 0 aromatic heterocycles. The maximum atomic E-state index is 11.8. The minimum absolute atomic E-state index is 0.00967. The fourth-order valence-electron chi connectivity index (χ4n) is 2.87. The summed E-state index contributed by atoms with van der Waals surface area (Å²) >= 11 is 6.36. The van der Waals surface area contributed by atoms with Crippen LogP contribution in [0.5, 0.6) is 0 Å². The normalized spacial score (nSPS) is 26.2. The van der Waals surface area contributed by atoms with Gasteiger partial charge in [-0.25, -0.2) is 13.1 Å². The average molecular weight is 332 g/mol. The van der Waals surface area contributed by atoms with E-state index >= 15 is 0 Å². The Kier molecular flexibility index (Phi) is 4.26. The number of halogens is 1.